The monoisotopic (exact) mass is 637 g/mol. The second kappa shape index (κ2) is 12.2. The van der Waals surface area contributed by atoms with Crippen LogP contribution >= 0.6 is 34.8 Å². The minimum Gasteiger partial charge on any atom is -0.488 e. The van der Waals surface area contributed by atoms with E-state index in [1.165, 1.54) is 16.9 Å². The summed E-state index contributed by atoms with van der Waals surface area (Å²) >= 11 is 7.79. The van der Waals surface area contributed by atoms with Crippen molar-refractivity contribution >= 4 is 63.6 Å². The zero-order chi connectivity index (χ0) is 27.2. The maximum Gasteiger partial charge on any atom is 0.325 e. The number of hydrogen-bond donors (Lipinski definition) is 0. The normalized spacial score (nSPS) is 14.1. The minimum atomic E-state index is -0.509. The van der Waals surface area contributed by atoms with Crippen molar-refractivity contribution in [2.45, 2.75) is 20.0 Å². The number of anilines is 1. The molecule has 0 radical (unpaired) electrons. The van der Waals surface area contributed by atoms with Crippen molar-refractivity contribution in [2.24, 2.45) is 0 Å². The van der Waals surface area contributed by atoms with Gasteiger partial charge >= 0.3 is 5.97 Å². The van der Waals surface area contributed by atoms with Gasteiger partial charge in [0.2, 0.25) is 0 Å². The van der Waals surface area contributed by atoms with Crippen LogP contribution in [0.25, 0.3) is 6.08 Å². The Balaban J connectivity index is 1.62. The Bertz CT molecular complexity index is 1460. The van der Waals surface area contributed by atoms with Crippen LogP contribution in [0, 0.1) is 14.9 Å². The quantitative estimate of drug-likeness (QED) is 0.141. The summed E-state index contributed by atoms with van der Waals surface area (Å²) in [6, 6.07) is 22.6. The molecule has 4 rings (SSSR count). The van der Waals surface area contributed by atoms with Crippen LogP contribution in [0.4, 0.5) is 5.69 Å². The highest BCUT2D eigenvalue weighted by Gasteiger charge is 2.40. The van der Waals surface area contributed by atoms with Gasteiger partial charge in [-0.2, -0.15) is 5.26 Å². The van der Waals surface area contributed by atoms with Crippen LogP contribution in [0.3, 0.4) is 0 Å². The van der Waals surface area contributed by atoms with E-state index in [9.17, 15) is 14.9 Å². The molecular weight excluding hydrogens is 613 g/mol. The number of thiocarbonyl (C=S) groups is 1. The summed E-state index contributed by atoms with van der Waals surface area (Å²) in [6.07, 6.45) is 2.58. The molecule has 0 saturated carbocycles. The van der Waals surface area contributed by atoms with Gasteiger partial charge in [0, 0.05) is 5.56 Å². The number of esters is 1. The van der Waals surface area contributed by atoms with E-state index in [-0.39, 0.29) is 29.9 Å². The number of benzene rings is 3. The lowest BCUT2D eigenvalue weighted by Crippen LogP contribution is -2.35. The molecule has 1 amide bonds. The van der Waals surface area contributed by atoms with Crippen molar-refractivity contribution in [3.63, 3.8) is 0 Å². The van der Waals surface area contributed by atoms with Gasteiger partial charge in [0.05, 0.1) is 28.0 Å². The molecule has 0 spiro atoms. The third-order valence-electron chi connectivity index (χ3n) is 6.03. The van der Waals surface area contributed by atoms with Crippen LogP contribution in [-0.4, -0.2) is 35.5 Å². The SMILES string of the molecule is CCc1ccc(N2C(=O)/C(=C/c3ccc(OCc4ccccc4C#N)c(I)c3)N(CC(=O)OC)C2=S)cc1. The molecule has 1 aliphatic rings. The highest BCUT2D eigenvalue weighted by molar-refractivity contribution is 14.1. The molecule has 1 saturated heterocycles. The standard InChI is InChI=1S/C29H24IN3O4S/c1-3-19-8-11-23(12-9-19)33-28(35)25(32(29(33)38)17-27(34)36-2)15-20-10-13-26(24(30)14-20)37-18-22-7-5-4-6-21(22)16-31/h4-15H,3,17-18H2,1-2H3/b25-15-. The molecule has 0 unspecified atom stereocenters. The topological polar surface area (TPSA) is 82.9 Å². The van der Waals surface area contributed by atoms with Gasteiger partial charge in [-0.3, -0.25) is 14.5 Å². The van der Waals surface area contributed by atoms with Crippen LogP contribution in [0.1, 0.15) is 29.2 Å². The summed E-state index contributed by atoms with van der Waals surface area (Å²) in [5.41, 5.74) is 4.15. The summed E-state index contributed by atoms with van der Waals surface area (Å²) in [5.74, 6) is -0.186. The third kappa shape index (κ3) is 5.87. The maximum atomic E-state index is 13.6. The van der Waals surface area contributed by atoms with Gasteiger partial charge in [0.1, 0.15) is 24.6 Å². The van der Waals surface area contributed by atoms with Gasteiger partial charge in [0.15, 0.2) is 5.11 Å². The first-order valence-corrected chi connectivity index (χ1v) is 13.3. The average molecular weight is 637 g/mol. The molecule has 0 bridgehead atoms. The van der Waals surface area contributed by atoms with E-state index in [0.29, 0.717) is 17.0 Å². The molecule has 3 aromatic carbocycles. The van der Waals surface area contributed by atoms with Crippen LogP contribution < -0.4 is 9.64 Å². The van der Waals surface area contributed by atoms with Crippen molar-refractivity contribution in [2.75, 3.05) is 18.6 Å². The number of methoxy groups -OCH3 is 1. The molecule has 3 aromatic rings. The molecule has 1 aliphatic heterocycles. The predicted molar refractivity (Wildman–Crippen MR) is 157 cm³/mol. The van der Waals surface area contributed by atoms with Crippen molar-refractivity contribution in [3.8, 4) is 11.8 Å². The number of hydrogen-bond acceptors (Lipinski definition) is 6. The molecule has 0 atom stereocenters. The van der Waals surface area contributed by atoms with E-state index in [1.54, 1.807) is 12.1 Å². The van der Waals surface area contributed by atoms with E-state index in [4.69, 9.17) is 21.7 Å². The Hall–Kier alpha value is -3.75. The molecule has 192 valence electrons. The zero-order valence-corrected chi connectivity index (χ0v) is 23.8. The Morgan fingerprint density at radius 3 is 2.53 bits per heavy atom. The molecule has 0 aliphatic carbocycles. The summed E-state index contributed by atoms with van der Waals surface area (Å²) in [6.45, 7) is 2.13. The van der Waals surface area contributed by atoms with E-state index in [1.807, 2.05) is 60.7 Å². The molecule has 1 heterocycles. The number of carbonyl (C=O) groups is 2. The minimum absolute atomic E-state index is 0.187. The second-order valence-corrected chi connectivity index (χ2v) is 9.91. The average Bonchev–Trinajstić information content (AvgIpc) is 3.16. The maximum absolute atomic E-state index is 13.6. The van der Waals surface area contributed by atoms with Crippen LogP contribution in [-0.2, 0) is 27.4 Å². The van der Waals surface area contributed by atoms with Crippen LogP contribution in [0.5, 0.6) is 5.75 Å². The fourth-order valence-corrected chi connectivity index (χ4v) is 4.97. The zero-order valence-electron chi connectivity index (χ0n) is 20.8. The molecule has 1 fully saturated rings. The van der Waals surface area contributed by atoms with Crippen LogP contribution in [0.2, 0.25) is 0 Å². The van der Waals surface area contributed by atoms with E-state index >= 15 is 0 Å². The summed E-state index contributed by atoms with van der Waals surface area (Å²) in [4.78, 5) is 28.6. The van der Waals surface area contributed by atoms with Gasteiger partial charge in [-0.05, 0) is 88.8 Å². The van der Waals surface area contributed by atoms with Crippen molar-refractivity contribution < 1.29 is 19.1 Å². The third-order valence-corrected chi connectivity index (χ3v) is 7.28. The van der Waals surface area contributed by atoms with Crippen molar-refractivity contribution in [1.29, 1.82) is 5.26 Å². The number of nitrogens with zero attached hydrogens (tertiary/aromatic N) is 3. The van der Waals surface area contributed by atoms with Gasteiger partial charge < -0.3 is 14.4 Å². The summed E-state index contributed by atoms with van der Waals surface area (Å²) in [7, 11) is 1.30. The van der Waals surface area contributed by atoms with E-state index < -0.39 is 5.97 Å². The lowest BCUT2D eigenvalue weighted by atomic mass is 10.1. The summed E-state index contributed by atoms with van der Waals surface area (Å²) < 4.78 is 11.6. The van der Waals surface area contributed by atoms with Gasteiger partial charge in [-0.15, -0.1) is 0 Å². The number of halogens is 1. The van der Waals surface area contributed by atoms with Crippen LogP contribution in [0.15, 0.2) is 72.4 Å². The number of rotatable bonds is 8. The van der Waals surface area contributed by atoms with E-state index in [0.717, 1.165) is 26.7 Å². The highest BCUT2D eigenvalue weighted by atomic mass is 127. The number of aryl methyl sites for hydroxylation is 1. The smallest absolute Gasteiger partial charge is 0.325 e. The number of nitriles is 1. The summed E-state index contributed by atoms with van der Waals surface area (Å²) in [5, 5.41) is 9.51. The lowest BCUT2D eigenvalue weighted by Gasteiger charge is -2.19. The van der Waals surface area contributed by atoms with Gasteiger partial charge in [-0.25, -0.2) is 0 Å². The Kier molecular flexibility index (Phi) is 8.76. The molecule has 9 heteroatoms. The Morgan fingerprint density at radius 2 is 1.87 bits per heavy atom. The number of amides is 1. The first-order valence-electron chi connectivity index (χ1n) is 11.8. The molecule has 0 aromatic heterocycles. The van der Waals surface area contributed by atoms with E-state index in [2.05, 4.69) is 35.6 Å². The molecular formula is C29H24IN3O4S. The molecule has 38 heavy (non-hydrogen) atoms. The first kappa shape index (κ1) is 27.3. The fourth-order valence-electron chi connectivity index (χ4n) is 3.93. The van der Waals surface area contributed by atoms with Gasteiger partial charge in [0.25, 0.3) is 5.91 Å². The predicted octanol–water partition coefficient (Wildman–Crippen LogP) is 5.45. The lowest BCUT2D eigenvalue weighted by molar-refractivity contribution is -0.140. The fraction of sp³-hybridized carbons (Fsp3) is 0.172. The molecule has 0 N–H and O–H groups in total. The Labute approximate surface area is 240 Å². The van der Waals surface area contributed by atoms with Crippen molar-refractivity contribution in [1.82, 2.24) is 4.90 Å². The largest absolute Gasteiger partial charge is 0.488 e. The highest BCUT2D eigenvalue weighted by Crippen LogP contribution is 2.31. The second-order valence-electron chi connectivity index (χ2n) is 8.38. The van der Waals surface area contributed by atoms with Crippen molar-refractivity contribution in [3.05, 3.63) is 98.3 Å². The van der Waals surface area contributed by atoms with Gasteiger partial charge in [-0.1, -0.05) is 43.3 Å². The molecule has 7 nitrogen and oxygen atoms in total. The first-order chi connectivity index (χ1) is 18.4. The Morgan fingerprint density at radius 1 is 1.13 bits per heavy atom. The number of ether oxygens (including phenoxy) is 2. The number of carbonyl (C=O) groups excluding carboxylic acids is 2.